The van der Waals surface area contributed by atoms with Gasteiger partial charge in [0.05, 0.1) is 11.2 Å². The van der Waals surface area contributed by atoms with Crippen LogP contribution in [0.5, 0.6) is 0 Å². The second kappa shape index (κ2) is 6.00. The van der Waals surface area contributed by atoms with E-state index < -0.39 is 0 Å². The van der Waals surface area contributed by atoms with E-state index in [1.807, 2.05) is 11.3 Å². The Balaban J connectivity index is 2.02. The number of fused-ring (bicyclic) bond motifs is 1. The Bertz CT molecular complexity index is 472. The third-order valence-corrected chi connectivity index (χ3v) is 6.88. The minimum atomic E-state index is 0.135. The highest BCUT2D eigenvalue weighted by Crippen LogP contribution is 2.49. The van der Waals surface area contributed by atoms with Gasteiger partial charge < -0.3 is 5.32 Å². The minimum Gasteiger partial charge on any atom is -0.305 e. The molecule has 1 fully saturated rings. The van der Waals surface area contributed by atoms with Crippen molar-refractivity contribution in [1.82, 2.24) is 10.3 Å². The molecule has 2 aliphatic rings. The highest BCUT2D eigenvalue weighted by atomic mass is 32.1. The van der Waals surface area contributed by atoms with E-state index in [2.05, 4.69) is 33.0 Å². The van der Waals surface area contributed by atoms with Gasteiger partial charge in [-0.15, -0.1) is 11.3 Å². The molecular weight excluding hydrogens is 276 g/mol. The van der Waals surface area contributed by atoms with Crippen LogP contribution in [0.2, 0.25) is 0 Å². The van der Waals surface area contributed by atoms with Crippen molar-refractivity contribution < 1.29 is 0 Å². The molecule has 0 radical (unpaired) electrons. The van der Waals surface area contributed by atoms with Crippen LogP contribution in [0.25, 0.3) is 0 Å². The second-order valence-electron chi connectivity index (χ2n) is 7.48. The number of rotatable bonds is 4. The number of aryl methyl sites for hydroxylation is 2. The maximum Gasteiger partial charge on any atom is 0.114 e. The van der Waals surface area contributed by atoms with E-state index >= 15 is 0 Å². The lowest BCUT2D eigenvalue weighted by atomic mass is 9.65. The van der Waals surface area contributed by atoms with Gasteiger partial charge in [0.15, 0.2) is 0 Å². The van der Waals surface area contributed by atoms with Crippen LogP contribution in [0, 0.1) is 17.8 Å². The summed E-state index contributed by atoms with van der Waals surface area (Å²) in [4.78, 5) is 6.70. The number of hydrogen-bond acceptors (Lipinski definition) is 3. The molecule has 1 N–H and O–H groups in total. The zero-order valence-corrected chi connectivity index (χ0v) is 14.9. The van der Waals surface area contributed by atoms with Crippen LogP contribution in [0.1, 0.15) is 69.0 Å². The van der Waals surface area contributed by atoms with Crippen molar-refractivity contribution in [3.8, 4) is 0 Å². The molecule has 3 unspecified atom stereocenters. The van der Waals surface area contributed by atoms with E-state index in [4.69, 9.17) is 4.98 Å². The topological polar surface area (TPSA) is 24.9 Å². The van der Waals surface area contributed by atoms with Crippen LogP contribution in [-0.2, 0) is 18.4 Å². The summed E-state index contributed by atoms with van der Waals surface area (Å²) in [5, 5.41) is 5.31. The fourth-order valence-electron chi connectivity index (χ4n) is 4.64. The van der Waals surface area contributed by atoms with Crippen LogP contribution in [-0.4, -0.2) is 11.5 Å². The van der Waals surface area contributed by atoms with Crippen molar-refractivity contribution in [2.45, 2.75) is 71.8 Å². The monoisotopic (exact) mass is 306 g/mol. The molecule has 21 heavy (non-hydrogen) atoms. The summed E-state index contributed by atoms with van der Waals surface area (Å²) < 4.78 is 0. The lowest BCUT2D eigenvalue weighted by Gasteiger charge is -2.47. The molecule has 3 heteroatoms. The van der Waals surface area contributed by atoms with Gasteiger partial charge in [-0.1, -0.05) is 34.1 Å². The summed E-state index contributed by atoms with van der Waals surface area (Å²) in [5.74, 6) is 2.24. The van der Waals surface area contributed by atoms with E-state index in [1.165, 1.54) is 49.2 Å². The maximum absolute atomic E-state index is 5.13. The van der Waals surface area contributed by atoms with Crippen LogP contribution < -0.4 is 5.32 Å². The lowest BCUT2D eigenvalue weighted by Crippen LogP contribution is -2.53. The summed E-state index contributed by atoms with van der Waals surface area (Å²) in [6.07, 6.45) is 7.76. The zero-order chi connectivity index (χ0) is 15.0. The first-order valence-electron chi connectivity index (χ1n) is 8.81. The first kappa shape index (κ1) is 15.5. The van der Waals surface area contributed by atoms with Crippen molar-refractivity contribution in [2.24, 2.45) is 17.8 Å². The van der Waals surface area contributed by atoms with E-state index in [1.54, 1.807) is 4.88 Å². The Hall–Kier alpha value is -0.410. The molecule has 1 aromatic heterocycles. The molecule has 2 aliphatic carbocycles. The van der Waals surface area contributed by atoms with E-state index in [0.717, 1.165) is 24.3 Å². The third kappa shape index (κ3) is 2.68. The van der Waals surface area contributed by atoms with Gasteiger partial charge in [0, 0.05) is 4.88 Å². The quantitative estimate of drug-likeness (QED) is 0.884. The summed E-state index contributed by atoms with van der Waals surface area (Å²) in [6.45, 7) is 10.5. The van der Waals surface area contributed by atoms with Crippen molar-refractivity contribution in [2.75, 3.05) is 6.54 Å². The van der Waals surface area contributed by atoms with Crippen LogP contribution in [0.3, 0.4) is 0 Å². The molecule has 3 rings (SSSR count). The SMILES string of the molecule is CCNC1(c2nc3c(s2)CCC3)CC(C)CCC1C(C)C. The molecule has 1 saturated carbocycles. The third-order valence-electron chi connectivity index (χ3n) is 5.55. The molecule has 0 amide bonds. The Labute approximate surface area is 133 Å². The normalized spacial score (nSPS) is 32.6. The lowest BCUT2D eigenvalue weighted by molar-refractivity contribution is 0.0737. The van der Waals surface area contributed by atoms with Crippen LogP contribution in [0.15, 0.2) is 0 Å². The average Bonchev–Trinajstić information content (AvgIpc) is 2.99. The van der Waals surface area contributed by atoms with Gasteiger partial charge >= 0.3 is 0 Å². The summed E-state index contributed by atoms with van der Waals surface area (Å²) in [6, 6.07) is 0. The summed E-state index contributed by atoms with van der Waals surface area (Å²) in [7, 11) is 0. The highest BCUT2D eigenvalue weighted by Gasteiger charge is 2.47. The molecule has 3 atom stereocenters. The van der Waals surface area contributed by atoms with Crippen LogP contribution >= 0.6 is 11.3 Å². The molecule has 1 heterocycles. The van der Waals surface area contributed by atoms with Crippen molar-refractivity contribution >= 4 is 11.3 Å². The molecule has 2 nitrogen and oxygen atoms in total. The molecule has 118 valence electrons. The average molecular weight is 307 g/mol. The Morgan fingerprint density at radius 1 is 1.33 bits per heavy atom. The van der Waals surface area contributed by atoms with Crippen molar-refractivity contribution in [3.05, 3.63) is 15.6 Å². The molecule has 0 saturated heterocycles. The van der Waals surface area contributed by atoms with Crippen LogP contribution in [0.4, 0.5) is 0 Å². The predicted molar refractivity (Wildman–Crippen MR) is 90.8 cm³/mol. The number of aromatic nitrogens is 1. The molecule has 0 spiro atoms. The zero-order valence-electron chi connectivity index (χ0n) is 14.0. The Morgan fingerprint density at radius 2 is 2.14 bits per heavy atom. The molecule has 1 aromatic rings. The largest absolute Gasteiger partial charge is 0.305 e. The number of nitrogens with one attached hydrogen (secondary N) is 1. The molecular formula is C18H30N2S. The van der Waals surface area contributed by atoms with Crippen molar-refractivity contribution in [3.63, 3.8) is 0 Å². The predicted octanol–water partition coefficient (Wildman–Crippen LogP) is 4.53. The van der Waals surface area contributed by atoms with E-state index in [9.17, 15) is 0 Å². The molecule has 0 aromatic carbocycles. The summed E-state index contributed by atoms with van der Waals surface area (Å²) in [5.41, 5.74) is 1.54. The standard InChI is InChI=1S/C18H30N2S/c1-5-19-18(11-13(4)9-10-14(18)12(2)3)17-20-15-7-6-8-16(15)21-17/h12-14,19H,5-11H2,1-4H3. The Kier molecular flexibility index (Phi) is 4.42. The Morgan fingerprint density at radius 3 is 2.81 bits per heavy atom. The first-order valence-corrected chi connectivity index (χ1v) is 9.62. The highest BCUT2D eigenvalue weighted by molar-refractivity contribution is 7.12. The molecule has 0 bridgehead atoms. The smallest absolute Gasteiger partial charge is 0.114 e. The fraction of sp³-hybridized carbons (Fsp3) is 0.833. The first-order chi connectivity index (χ1) is 10.1. The van der Waals surface area contributed by atoms with Crippen molar-refractivity contribution in [1.29, 1.82) is 0 Å². The number of hydrogen-bond donors (Lipinski definition) is 1. The number of nitrogens with zero attached hydrogens (tertiary/aromatic N) is 1. The van der Waals surface area contributed by atoms with Gasteiger partial charge in [0.2, 0.25) is 0 Å². The van der Waals surface area contributed by atoms with Gasteiger partial charge in [0.1, 0.15) is 5.01 Å². The van der Waals surface area contributed by atoms with E-state index in [0.29, 0.717) is 0 Å². The maximum atomic E-state index is 5.13. The van der Waals surface area contributed by atoms with Gasteiger partial charge in [-0.2, -0.15) is 0 Å². The second-order valence-corrected chi connectivity index (χ2v) is 8.56. The van der Waals surface area contributed by atoms with Gasteiger partial charge in [-0.25, -0.2) is 4.98 Å². The van der Waals surface area contributed by atoms with Gasteiger partial charge in [-0.05, 0) is 56.4 Å². The fourth-order valence-corrected chi connectivity index (χ4v) is 6.03. The number of thiazole rings is 1. The summed E-state index contributed by atoms with van der Waals surface area (Å²) >= 11 is 2.02. The molecule has 0 aliphatic heterocycles. The minimum absolute atomic E-state index is 0.135. The van der Waals surface area contributed by atoms with E-state index in [-0.39, 0.29) is 5.54 Å². The van der Waals surface area contributed by atoms with Gasteiger partial charge in [-0.3, -0.25) is 0 Å². The van der Waals surface area contributed by atoms with Gasteiger partial charge in [0.25, 0.3) is 0 Å².